The number of carbonyl (C=O) groups excluding carboxylic acids is 3. The fraction of sp³-hybridized carbons (Fsp3) is 0.414. The number of sulfonamides is 1. The molecule has 2 aromatic carbocycles. The van der Waals surface area contributed by atoms with Crippen molar-refractivity contribution in [1.29, 1.82) is 0 Å². The summed E-state index contributed by atoms with van der Waals surface area (Å²) in [5.74, 6) is -2.60. The van der Waals surface area contributed by atoms with Crippen LogP contribution >= 0.6 is 11.6 Å². The average molecular weight is 639 g/mol. The molecule has 0 saturated carbocycles. The molecule has 0 aliphatic carbocycles. The van der Waals surface area contributed by atoms with Crippen molar-refractivity contribution in [2.24, 2.45) is 0 Å². The molecule has 2 amide bonds. The molecule has 1 saturated heterocycles. The van der Waals surface area contributed by atoms with Crippen LogP contribution in [0.15, 0.2) is 42.6 Å². The quantitative estimate of drug-likeness (QED) is 0.324. The summed E-state index contributed by atoms with van der Waals surface area (Å²) < 4.78 is 62.8. The van der Waals surface area contributed by atoms with Gasteiger partial charge in [0.2, 0.25) is 27.8 Å². The van der Waals surface area contributed by atoms with Gasteiger partial charge in [-0.3, -0.25) is 14.4 Å². The summed E-state index contributed by atoms with van der Waals surface area (Å²) in [6.07, 6.45) is -0.165. The van der Waals surface area contributed by atoms with E-state index >= 15 is 0 Å². The molecule has 1 fully saturated rings. The van der Waals surface area contributed by atoms with E-state index in [-0.39, 0.29) is 53.7 Å². The lowest BCUT2D eigenvalue weighted by Gasteiger charge is -2.24. The number of fused-ring (bicyclic) bond motifs is 1. The first kappa shape index (κ1) is 32.4. The van der Waals surface area contributed by atoms with Crippen LogP contribution in [-0.4, -0.2) is 65.7 Å². The maximum Gasteiger partial charge on any atom is 0.247 e. The van der Waals surface area contributed by atoms with Crippen molar-refractivity contribution >= 4 is 50.1 Å². The van der Waals surface area contributed by atoms with Gasteiger partial charge in [-0.05, 0) is 52.0 Å². The molecule has 0 unspecified atom stereocenters. The van der Waals surface area contributed by atoms with Crippen LogP contribution in [0.2, 0.25) is 5.02 Å². The number of halogens is 3. The Kier molecular flexibility index (Phi) is 9.48. The van der Waals surface area contributed by atoms with Crippen LogP contribution in [0.25, 0.3) is 10.9 Å². The number of ketones is 1. The number of carbonyl (C=O) groups is 3. The summed E-state index contributed by atoms with van der Waals surface area (Å²) in [7, 11) is -3.76. The molecular weight excluding hydrogens is 606 g/mol. The Labute approximate surface area is 253 Å². The van der Waals surface area contributed by atoms with Crippen LogP contribution in [0.5, 0.6) is 5.75 Å². The Bertz CT molecular complexity index is 1670. The van der Waals surface area contributed by atoms with E-state index in [1.807, 2.05) is 0 Å². The first-order valence-corrected chi connectivity index (χ1v) is 15.5. The van der Waals surface area contributed by atoms with Gasteiger partial charge in [-0.1, -0.05) is 23.7 Å². The highest BCUT2D eigenvalue weighted by atomic mass is 35.5. The number of likely N-dealkylation sites (tertiary alicyclic amines) is 1. The van der Waals surface area contributed by atoms with Crippen LogP contribution < -0.4 is 14.8 Å². The number of alkyl halides is 1. The monoisotopic (exact) mass is 638 g/mol. The summed E-state index contributed by atoms with van der Waals surface area (Å²) in [6, 6.07) is 7.87. The van der Waals surface area contributed by atoms with Gasteiger partial charge in [0, 0.05) is 46.7 Å². The summed E-state index contributed by atoms with van der Waals surface area (Å²) in [4.78, 5) is 39.9. The van der Waals surface area contributed by atoms with Gasteiger partial charge < -0.3 is 19.5 Å². The zero-order chi connectivity index (χ0) is 31.7. The molecule has 232 valence electrons. The van der Waals surface area contributed by atoms with Crippen molar-refractivity contribution in [3.63, 3.8) is 0 Å². The van der Waals surface area contributed by atoms with E-state index in [0.29, 0.717) is 10.9 Å². The van der Waals surface area contributed by atoms with Crippen molar-refractivity contribution in [2.45, 2.75) is 65.0 Å². The molecule has 0 bridgehead atoms. The van der Waals surface area contributed by atoms with Crippen molar-refractivity contribution in [3.8, 4) is 5.75 Å². The Morgan fingerprint density at radius 2 is 1.88 bits per heavy atom. The van der Waals surface area contributed by atoms with Gasteiger partial charge in [0.05, 0.1) is 11.6 Å². The van der Waals surface area contributed by atoms with Gasteiger partial charge in [0.15, 0.2) is 5.78 Å². The van der Waals surface area contributed by atoms with Gasteiger partial charge >= 0.3 is 0 Å². The lowest BCUT2D eigenvalue weighted by atomic mass is 10.1. The van der Waals surface area contributed by atoms with E-state index in [4.69, 9.17) is 16.3 Å². The zero-order valence-corrected chi connectivity index (χ0v) is 25.7. The summed E-state index contributed by atoms with van der Waals surface area (Å²) in [5.41, 5.74) is 0.209. The number of nitrogens with one attached hydrogen (secondary N) is 2. The van der Waals surface area contributed by atoms with Gasteiger partial charge in [0.1, 0.15) is 30.3 Å². The number of aromatic nitrogens is 1. The fourth-order valence-electron chi connectivity index (χ4n) is 4.95. The van der Waals surface area contributed by atoms with Crippen molar-refractivity contribution in [2.75, 3.05) is 12.5 Å². The lowest BCUT2D eigenvalue weighted by molar-refractivity contribution is -0.139. The van der Waals surface area contributed by atoms with Crippen molar-refractivity contribution < 1.29 is 36.3 Å². The molecule has 1 aliphatic rings. The van der Waals surface area contributed by atoms with E-state index < -0.39 is 51.3 Å². The minimum absolute atomic E-state index is 0.0987. The minimum Gasteiger partial charge on any atom is -0.476 e. The number of amides is 2. The van der Waals surface area contributed by atoms with Crippen LogP contribution in [0.1, 0.15) is 50.0 Å². The highest BCUT2D eigenvalue weighted by molar-refractivity contribution is 7.89. The molecule has 0 spiro atoms. The Hall–Kier alpha value is -3.55. The van der Waals surface area contributed by atoms with Crippen molar-refractivity contribution in [3.05, 3.63) is 64.6 Å². The molecule has 2 atom stereocenters. The molecule has 4 rings (SSSR count). The molecule has 2 N–H and O–H groups in total. The Morgan fingerprint density at radius 1 is 1.16 bits per heavy atom. The minimum atomic E-state index is -3.76. The average Bonchev–Trinajstić information content (AvgIpc) is 3.47. The van der Waals surface area contributed by atoms with Crippen LogP contribution in [0, 0.1) is 5.82 Å². The molecule has 2 heterocycles. The second-order valence-electron chi connectivity index (χ2n) is 11.5. The topological polar surface area (TPSA) is 127 Å². The van der Waals surface area contributed by atoms with Gasteiger partial charge in [-0.25, -0.2) is 21.9 Å². The van der Waals surface area contributed by atoms with Crippen LogP contribution in [0.4, 0.5) is 8.78 Å². The SMILES string of the molecule is CC(=O)c1cn(CC(=O)N2C[C@H](F)C[C@H]2C(=O)NCc2cccc(Cl)c2F)c2ccc(OCS(=O)(=O)NC(C)(C)C)cc12. The number of Topliss-reactive ketones (excluding diaryl/α,β-unsaturated/α-hetero) is 1. The Morgan fingerprint density at radius 3 is 2.56 bits per heavy atom. The van der Waals surface area contributed by atoms with Crippen LogP contribution in [-0.2, 0) is 32.7 Å². The largest absolute Gasteiger partial charge is 0.476 e. The maximum absolute atomic E-state index is 14.5. The molecule has 10 nitrogen and oxygen atoms in total. The molecule has 14 heteroatoms. The van der Waals surface area contributed by atoms with E-state index in [2.05, 4.69) is 10.0 Å². The summed E-state index contributed by atoms with van der Waals surface area (Å²) >= 11 is 5.80. The number of ether oxygens (including phenoxy) is 1. The Balaban J connectivity index is 1.50. The highest BCUT2D eigenvalue weighted by Gasteiger charge is 2.40. The first-order valence-electron chi connectivity index (χ1n) is 13.5. The first-order chi connectivity index (χ1) is 20.0. The second-order valence-corrected chi connectivity index (χ2v) is 13.5. The maximum atomic E-state index is 14.5. The van der Waals surface area contributed by atoms with E-state index in [9.17, 15) is 31.6 Å². The standard InChI is InChI=1S/C29H33ClF2N4O6S/c1-17(37)22-14-35(24-9-8-20(11-21(22)24)42-16-43(40,41)34-29(2,3)4)15-26(38)36-13-19(31)10-25(36)28(39)33-12-18-6-5-7-23(30)27(18)32/h5-9,11,14,19,25,34H,10,12-13,15-16H2,1-4H3,(H,33,39)/t19-,25+/m1/s1. The molecule has 43 heavy (non-hydrogen) atoms. The zero-order valence-electron chi connectivity index (χ0n) is 24.1. The molecular formula is C29H33ClF2N4O6S. The number of hydrogen-bond acceptors (Lipinski definition) is 6. The number of nitrogens with zero attached hydrogens (tertiary/aromatic N) is 2. The van der Waals surface area contributed by atoms with Gasteiger partial charge in [-0.15, -0.1) is 0 Å². The number of rotatable bonds is 10. The molecule has 1 aromatic heterocycles. The van der Waals surface area contributed by atoms with E-state index in [1.165, 1.54) is 48.0 Å². The fourth-order valence-corrected chi connectivity index (χ4v) is 6.43. The van der Waals surface area contributed by atoms with Crippen LogP contribution in [0.3, 0.4) is 0 Å². The predicted molar refractivity (Wildman–Crippen MR) is 158 cm³/mol. The van der Waals surface area contributed by atoms with Gasteiger partial charge in [0.25, 0.3) is 0 Å². The second kappa shape index (κ2) is 12.6. The lowest BCUT2D eigenvalue weighted by Crippen LogP contribution is -2.46. The molecule has 1 aliphatic heterocycles. The van der Waals surface area contributed by atoms with E-state index in [1.54, 1.807) is 26.8 Å². The normalized spacial score (nSPS) is 17.3. The smallest absolute Gasteiger partial charge is 0.247 e. The highest BCUT2D eigenvalue weighted by Crippen LogP contribution is 2.28. The predicted octanol–water partition coefficient (Wildman–Crippen LogP) is 3.95. The third kappa shape index (κ3) is 7.89. The number of hydrogen-bond donors (Lipinski definition) is 2. The summed E-state index contributed by atoms with van der Waals surface area (Å²) in [6.45, 7) is 5.67. The van der Waals surface area contributed by atoms with Gasteiger partial charge in [-0.2, -0.15) is 0 Å². The summed E-state index contributed by atoms with van der Waals surface area (Å²) in [5, 5.41) is 2.89. The number of benzene rings is 2. The third-order valence-electron chi connectivity index (χ3n) is 6.74. The molecule has 0 radical (unpaired) electrons. The third-order valence-corrected chi connectivity index (χ3v) is 8.38. The molecule has 3 aromatic rings. The van der Waals surface area contributed by atoms with E-state index in [0.717, 1.165) is 4.90 Å². The van der Waals surface area contributed by atoms with Crippen molar-refractivity contribution in [1.82, 2.24) is 19.5 Å².